The van der Waals surface area contributed by atoms with Crippen LogP contribution >= 0.6 is 0 Å². The fraction of sp³-hybridized carbons (Fsp3) is 0.120. The van der Waals surface area contributed by atoms with E-state index in [2.05, 4.69) is 26.5 Å². The van der Waals surface area contributed by atoms with Crippen molar-refractivity contribution >= 4 is 26.6 Å². The number of hydrogen-bond donors (Lipinski definition) is 1. The molecule has 1 N–H and O–H groups in total. The van der Waals surface area contributed by atoms with E-state index in [0.717, 1.165) is 0 Å². The van der Waals surface area contributed by atoms with E-state index in [1.807, 2.05) is 6.92 Å². The number of methoxy groups -OCH3 is 1. The highest BCUT2D eigenvalue weighted by molar-refractivity contribution is 7.93. The number of ether oxygens (including phenoxy) is 2. The third-order valence-corrected chi connectivity index (χ3v) is 6.18. The lowest BCUT2D eigenvalue weighted by atomic mass is 10.1. The summed E-state index contributed by atoms with van der Waals surface area (Å²) in [6, 6.07) is 15.3. The van der Waals surface area contributed by atoms with Gasteiger partial charge in [-0.2, -0.15) is 0 Å². The molecule has 0 saturated carbocycles. The quantitative estimate of drug-likeness (QED) is 0.434. The SMILES string of the molecule is CCOc1ccncc1C#Cc1ccccc1NS(=O)(=O)c1ccc(OC)c2cccnc12. The van der Waals surface area contributed by atoms with Crippen molar-refractivity contribution in [2.45, 2.75) is 11.8 Å². The van der Waals surface area contributed by atoms with Gasteiger partial charge in [-0.25, -0.2) is 8.42 Å². The molecule has 0 amide bonds. The van der Waals surface area contributed by atoms with Gasteiger partial charge in [0.15, 0.2) is 0 Å². The van der Waals surface area contributed by atoms with Gasteiger partial charge in [-0.1, -0.05) is 24.0 Å². The Morgan fingerprint density at radius 2 is 1.76 bits per heavy atom. The minimum absolute atomic E-state index is 0.0487. The van der Waals surface area contributed by atoms with Crippen molar-refractivity contribution in [2.75, 3.05) is 18.4 Å². The van der Waals surface area contributed by atoms with Crippen molar-refractivity contribution < 1.29 is 17.9 Å². The molecule has 2 aromatic heterocycles. The van der Waals surface area contributed by atoms with Crippen LogP contribution in [0.3, 0.4) is 0 Å². The van der Waals surface area contributed by atoms with Crippen molar-refractivity contribution in [1.29, 1.82) is 0 Å². The van der Waals surface area contributed by atoms with Gasteiger partial charge >= 0.3 is 0 Å². The summed E-state index contributed by atoms with van der Waals surface area (Å²) < 4.78 is 40.2. The Labute approximate surface area is 192 Å². The molecule has 0 spiro atoms. The number of pyridine rings is 2. The molecule has 0 bridgehead atoms. The standard InChI is InChI=1S/C25H21N3O4S/c1-3-32-22-14-16-26-17-19(22)11-10-18-7-4-5-9-21(18)28-33(29,30)24-13-12-23(31-2)20-8-6-15-27-25(20)24/h4-9,12-17,28H,3H2,1-2H3. The second kappa shape index (κ2) is 9.59. The number of benzene rings is 2. The molecule has 0 unspecified atom stereocenters. The zero-order chi connectivity index (χ0) is 23.3. The molecule has 0 atom stereocenters. The molecule has 166 valence electrons. The van der Waals surface area contributed by atoms with E-state index in [0.29, 0.717) is 45.8 Å². The van der Waals surface area contributed by atoms with Crippen molar-refractivity contribution in [3.63, 3.8) is 0 Å². The summed E-state index contributed by atoms with van der Waals surface area (Å²) in [6.45, 7) is 2.39. The lowest BCUT2D eigenvalue weighted by Gasteiger charge is -2.13. The molecule has 0 fully saturated rings. The van der Waals surface area contributed by atoms with Crippen LogP contribution in [0.15, 0.2) is 78.1 Å². The topological polar surface area (TPSA) is 90.4 Å². The lowest BCUT2D eigenvalue weighted by molar-refractivity contribution is 0.339. The number of aromatic nitrogens is 2. The number of anilines is 1. The van der Waals surface area contributed by atoms with Crippen LogP contribution in [-0.4, -0.2) is 32.1 Å². The third-order valence-electron chi connectivity index (χ3n) is 4.79. The summed E-state index contributed by atoms with van der Waals surface area (Å²) in [7, 11) is -2.43. The van der Waals surface area contributed by atoms with Crippen LogP contribution < -0.4 is 14.2 Å². The van der Waals surface area contributed by atoms with Gasteiger partial charge in [0.25, 0.3) is 10.0 Å². The molecule has 0 saturated heterocycles. The third kappa shape index (κ3) is 4.73. The van der Waals surface area contributed by atoms with Gasteiger partial charge in [-0.3, -0.25) is 14.7 Å². The second-order valence-corrected chi connectivity index (χ2v) is 8.52. The summed E-state index contributed by atoms with van der Waals surface area (Å²) in [5, 5.41) is 0.607. The van der Waals surface area contributed by atoms with Gasteiger partial charge in [0.2, 0.25) is 0 Å². The molecule has 4 rings (SSSR count). The second-order valence-electron chi connectivity index (χ2n) is 6.87. The van der Waals surface area contributed by atoms with Crippen molar-refractivity contribution in [3.8, 4) is 23.3 Å². The molecule has 33 heavy (non-hydrogen) atoms. The molecule has 2 heterocycles. The number of nitrogens with zero attached hydrogens (tertiary/aromatic N) is 2. The highest BCUT2D eigenvalue weighted by atomic mass is 32.2. The minimum atomic E-state index is -3.96. The largest absolute Gasteiger partial charge is 0.496 e. The van der Waals surface area contributed by atoms with E-state index in [-0.39, 0.29) is 4.90 Å². The Morgan fingerprint density at radius 1 is 0.939 bits per heavy atom. The molecule has 8 heteroatoms. The number of sulfonamides is 1. The van der Waals surface area contributed by atoms with E-state index in [1.54, 1.807) is 67.1 Å². The van der Waals surface area contributed by atoms with Crippen LogP contribution in [0, 0.1) is 11.8 Å². The van der Waals surface area contributed by atoms with Crippen molar-refractivity contribution in [1.82, 2.24) is 9.97 Å². The first-order valence-corrected chi connectivity index (χ1v) is 11.6. The first kappa shape index (κ1) is 22.1. The van der Waals surface area contributed by atoms with E-state index in [9.17, 15) is 8.42 Å². The van der Waals surface area contributed by atoms with E-state index in [1.165, 1.54) is 13.2 Å². The average Bonchev–Trinajstić information content (AvgIpc) is 2.83. The first-order chi connectivity index (χ1) is 16.0. The Kier molecular flexibility index (Phi) is 6.43. The van der Waals surface area contributed by atoms with Crippen LogP contribution in [0.4, 0.5) is 5.69 Å². The van der Waals surface area contributed by atoms with Gasteiger partial charge in [0.1, 0.15) is 16.4 Å². The lowest BCUT2D eigenvalue weighted by Crippen LogP contribution is -2.14. The number of para-hydroxylation sites is 1. The Morgan fingerprint density at radius 3 is 2.58 bits per heavy atom. The average molecular weight is 460 g/mol. The maximum Gasteiger partial charge on any atom is 0.264 e. The van der Waals surface area contributed by atoms with Crippen LogP contribution in [0.2, 0.25) is 0 Å². The minimum Gasteiger partial charge on any atom is -0.496 e. The van der Waals surface area contributed by atoms with Gasteiger partial charge < -0.3 is 9.47 Å². The van der Waals surface area contributed by atoms with Crippen molar-refractivity contribution in [2.24, 2.45) is 0 Å². The maximum absolute atomic E-state index is 13.3. The summed E-state index contributed by atoms with van der Waals surface area (Å²) in [4.78, 5) is 8.42. The molecule has 0 aliphatic carbocycles. The van der Waals surface area contributed by atoms with Crippen LogP contribution in [0.5, 0.6) is 11.5 Å². The normalized spacial score (nSPS) is 10.8. The van der Waals surface area contributed by atoms with Crippen molar-refractivity contribution in [3.05, 3.63) is 84.3 Å². The Bertz CT molecular complexity index is 1470. The summed E-state index contributed by atoms with van der Waals surface area (Å²) in [5.41, 5.74) is 1.80. The monoisotopic (exact) mass is 459 g/mol. The molecule has 0 aliphatic rings. The summed E-state index contributed by atoms with van der Waals surface area (Å²) in [6.07, 6.45) is 4.79. The summed E-state index contributed by atoms with van der Waals surface area (Å²) >= 11 is 0. The van der Waals surface area contributed by atoms with Crippen LogP contribution in [0.25, 0.3) is 10.9 Å². The number of hydrogen-bond acceptors (Lipinski definition) is 6. The fourth-order valence-electron chi connectivity index (χ4n) is 3.29. The molecule has 4 aromatic rings. The predicted molar refractivity (Wildman–Crippen MR) is 127 cm³/mol. The van der Waals surface area contributed by atoms with E-state index >= 15 is 0 Å². The molecule has 7 nitrogen and oxygen atoms in total. The summed E-state index contributed by atoms with van der Waals surface area (Å²) in [5.74, 6) is 7.21. The molecular formula is C25H21N3O4S. The van der Waals surface area contributed by atoms with Gasteiger partial charge in [0, 0.05) is 29.5 Å². The zero-order valence-corrected chi connectivity index (χ0v) is 18.9. The van der Waals surface area contributed by atoms with Crippen LogP contribution in [0.1, 0.15) is 18.1 Å². The molecule has 0 radical (unpaired) electrons. The van der Waals surface area contributed by atoms with E-state index < -0.39 is 10.0 Å². The number of rotatable bonds is 6. The molecule has 0 aliphatic heterocycles. The zero-order valence-electron chi connectivity index (χ0n) is 18.1. The highest BCUT2D eigenvalue weighted by Gasteiger charge is 2.21. The smallest absolute Gasteiger partial charge is 0.264 e. The Hall–Kier alpha value is -4.09. The van der Waals surface area contributed by atoms with Gasteiger partial charge in [-0.05, 0) is 49.4 Å². The fourth-order valence-corrected chi connectivity index (χ4v) is 4.53. The highest BCUT2D eigenvalue weighted by Crippen LogP contribution is 2.30. The Balaban J connectivity index is 1.72. The number of fused-ring (bicyclic) bond motifs is 1. The first-order valence-electron chi connectivity index (χ1n) is 10.2. The van der Waals surface area contributed by atoms with E-state index in [4.69, 9.17) is 9.47 Å². The number of nitrogens with one attached hydrogen (secondary N) is 1. The van der Waals surface area contributed by atoms with Gasteiger partial charge in [-0.15, -0.1) is 0 Å². The molecule has 2 aromatic carbocycles. The van der Waals surface area contributed by atoms with Gasteiger partial charge in [0.05, 0.1) is 30.5 Å². The predicted octanol–water partition coefficient (Wildman–Crippen LogP) is 4.24. The maximum atomic E-state index is 13.3. The molecular weight excluding hydrogens is 438 g/mol. The van der Waals surface area contributed by atoms with Crippen LogP contribution in [-0.2, 0) is 10.0 Å².